The van der Waals surface area contributed by atoms with E-state index in [2.05, 4.69) is 39.8 Å². The first kappa shape index (κ1) is 27.0. The Morgan fingerprint density at radius 3 is 2.30 bits per heavy atom. The molecule has 0 aliphatic rings. The summed E-state index contributed by atoms with van der Waals surface area (Å²) in [6.07, 6.45) is 2.82. The Hall–Kier alpha value is -3.02. The minimum atomic E-state index is -0.148. The number of nitrogens with zero attached hydrogens (tertiary/aromatic N) is 2. The van der Waals surface area contributed by atoms with Crippen LogP contribution in [0.4, 0.5) is 0 Å². The van der Waals surface area contributed by atoms with Gasteiger partial charge in [0.1, 0.15) is 5.01 Å². The zero-order valence-corrected chi connectivity index (χ0v) is 23.7. The van der Waals surface area contributed by atoms with Gasteiger partial charge in [0.05, 0.1) is 16.9 Å². The van der Waals surface area contributed by atoms with E-state index in [1.54, 1.807) is 10.6 Å². The van der Waals surface area contributed by atoms with Crippen LogP contribution in [0.2, 0.25) is 5.02 Å². The smallest absolute Gasteiger partial charge is 0.265 e. The second-order valence-electron chi connectivity index (χ2n) is 9.73. The molecule has 4 rings (SSSR count). The highest BCUT2D eigenvalue weighted by Gasteiger charge is 2.23. The fourth-order valence-electron chi connectivity index (χ4n) is 4.62. The Kier molecular flexibility index (Phi) is 8.46. The van der Waals surface area contributed by atoms with Crippen LogP contribution in [0, 0.1) is 12.8 Å². The third kappa shape index (κ3) is 5.63. The van der Waals surface area contributed by atoms with E-state index in [1.165, 1.54) is 11.3 Å². The van der Waals surface area contributed by atoms with E-state index in [4.69, 9.17) is 16.6 Å². The molecular weight excluding hydrogens is 500 g/mol. The first-order chi connectivity index (χ1) is 17.7. The number of para-hydroxylation sites is 1. The van der Waals surface area contributed by atoms with Gasteiger partial charge in [-0.15, -0.1) is 11.3 Å². The molecule has 2 aromatic carbocycles. The Labute approximate surface area is 228 Å². The van der Waals surface area contributed by atoms with Crippen LogP contribution in [-0.4, -0.2) is 15.3 Å². The molecule has 0 saturated carbocycles. The lowest BCUT2D eigenvalue weighted by Crippen LogP contribution is -2.27. The summed E-state index contributed by atoms with van der Waals surface area (Å²) in [5.41, 5.74) is 6.35. The molecule has 2 aromatic heterocycles. The average Bonchev–Trinajstić information content (AvgIpc) is 3.37. The lowest BCUT2D eigenvalue weighted by atomic mass is 9.97. The van der Waals surface area contributed by atoms with Crippen molar-refractivity contribution in [1.29, 1.82) is 0 Å². The van der Waals surface area contributed by atoms with Gasteiger partial charge in [0.2, 0.25) is 0 Å². The molecule has 0 aliphatic carbocycles. The number of ketones is 1. The third-order valence-corrected chi connectivity index (χ3v) is 7.89. The first-order valence-corrected chi connectivity index (χ1v) is 14.1. The van der Waals surface area contributed by atoms with Gasteiger partial charge in [0.25, 0.3) is 5.56 Å². The monoisotopic (exact) mass is 532 g/mol. The van der Waals surface area contributed by atoms with Crippen LogP contribution in [0.3, 0.4) is 0 Å². The SMILES string of the molecule is CCc1cccc(CC)c1-n1c(C)c(C(=O)CCC(C)C)cc(-c2nc(-c3ccc(Cl)cc3)cs2)c1=O. The molecule has 4 aromatic rings. The summed E-state index contributed by atoms with van der Waals surface area (Å²) in [6, 6.07) is 15.4. The van der Waals surface area contributed by atoms with Crippen molar-refractivity contribution in [3.63, 3.8) is 0 Å². The topological polar surface area (TPSA) is 52.0 Å². The Morgan fingerprint density at radius 1 is 1.05 bits per heavy atom. The molecule has 0 fully saturated rings. The van der Waals surface area contributed by atoms with E-state index in [-0.39, 0.29) is 11.3 Å². The Balaban J connectivity index is 1.96. The summed E-state index contributed by atoms with van der Waals surface area (Å²) in [6.45, 7) is 10.3. The van der Waals surface area contributed by atoms with Crippen molar-refractivity contribution in [2.24, 2.45) is 5.92 Å². The first-order valence-electron chi connectivity index (χ1n) is 12.9. The molecule has 0 unspecified atom stereocenters. The molecule has 0 amide bonds. The van der Waals surface area contributed by atoms with Crippen molar-refractivity contribution in [2.45, 2.75) is 60.3 Å². The zero-order chi connectivity index (χ0) is 26.7. The normalized spacial score (nSPS) is 11.3. The highest BCUT2D eigenvalue weighted by atomic mass is 35.5. The number of pyridine rings is 1. The lowest BCUT2D eigenvalue weighted by molar-refractivity contribution is 0.0974. The molecular formula is C31H33ClN2O2S. The van der Waals surface area contributed by atoms with Gasteiger partial charge in [-0.05, 0) is 61.4 Å². The summed E-state index contributed by atoms with van der Waals surface area (Å²) in [5.74, 6) is 0.478. The predicted octanol–water partition coefficient (Wildman–Crippen LogP) is 8.33. The Morgan fingerprint density at radius 2 is 1.70 bits per heavy atom. The molecule has 192 valence electrons. The summed E-state index contributed by atoms with van der Waals surface area (Å²) >= 11 is 7.47. The fourth-order valence-corrected chi connectivity index (χ4v) is 5.58. The van der Waals surface area contributed by atoms with Gasteiger partial charge in [-0.1, -0.05) is 69.6 Å². The highest BCUT2D eigenvalue weighted by molar-refractivity contribution is 7.13. The third-order valence-electron chi connectivity index (χ3n) is 6.76. The maximum Gasteiger partial charge on any atom is 0.265 e. The van der Waals surface area contributed by atoms with Gasteiger partial charge in [-0.3, -0.25) is 14.2 Å². The van der Waals surface area contributed by atoms with Gasteiger partial charge in [0, 0.05) is 33.6 Å². The fraction of sp³-hybridized carbons (Fsp3) is 0.323. The van der Waals surface area contributed by atoms with Crippen LogP contribution in [0.25, 0.3) is 27.5 Å². The van der Waals surface area contributed by atoms with E-state index in [0.717, 1.165) is 47.3 Å². The second kappa shape index (κ2) is 11.6. The number of hydrogen-bond acceptors (Lipinski definition) is 4. The van der Waals surface area contributed by atoms with Crippen LogP contribution in [0.15, 0.2) is 58.7 Å². The van der Waals surface area contributed by atoms with Crippen molar-refractivity contribution < 1.29 is 4.79 Å². The molecule has 0 saturated heterocycles. The molecule has 0 aliphatic heterocycles. The molecule has 2 heterocycles. The number of Topliss-reactive ketones (excluding diaryl/α,β-unsaturated/α-hetero) is 1. The Bertz CT molecular complexity index is 1460. The second-order valence-corrected chi connectivity index (χ2v) is 11.0. The number of carbonyl (C=O) groups excluding carboxylic acids is 1. The average molecular weight is 533 g/mol. The van der Waals surface area contributed by atoms with Gasteiger partial charge in [0.15, 0.2) is 5.78 Å². The maximum absolute atomic E-state index is 14.2. The van der Waals surface area contributed by atoms with E-state index in [9.17, 15) is 9.59 Å². The number of aryl methyl sites for hydroxylation is 2. The van der Waals surface area contributed by atoms with E-state index in [0.29, 0.717) is 39.2 Å². The number of hydrogen-bond donors (Lipinski definition) is 0. The molecule has 0 spiro atoms. The zero-order valence-electron chi connectivity index (χ0n) is 22.1. The quantitative estimate of drug-likeness (QED) is 0.203. The van der Waals surface area contributed by atoms with Crippen molar-refractivity contribution >= 4 is 28.7 Å². The maximum atomic E-state index is 14.2. The van der Waals surface area contributed by atoms with Gasteiger partial charge in [-0.25, -0.2) is 4.98 Å². The van der Waals surface area contributed by atoms with Crippen molar-refractivity contribution in [3.05, 3.63) is 91.7 Å². The number of halogens is 1. The summed E-state index contributed by atoms with van der Waals surface area (Å²) in [5, 5.41) is 3.21. The van der Waals surface area contributed by atoms with Gasteiger partial charge >= 0.3 is 0 Å². The molecule has 0 bridgehead atoms. The van der Waals surface area contributed by atoms with Crippen LogP contribution in [0.1, 0.15) is 67.7 Å². The molecule has 37 heavy (non-hydrogen) atoms. The summed E-state index contributed by atoms with van der Waals surface area (Å²) < 4.78 is 1.76. The van der Waals surface area contributed by atoms with E-state index >= 15 is 0 Å². The molecule has 4 nitrogen and oxygen atoms in total. The summed E-state index contributed by atoms with van der Waals surface area (Å²) in [7, 11) is 0. The number of carbonyl (C=O) groups is 1. The van der Waals surface area contributed by atoms with Crippen molar-refractivity contribution in [3.8, 4) is 27.5 Å². The van der Waals surface area contributed by atoms with Crippen molar-refractivity contribution in [2.75, 3.05) is 0 Å². The van der Waals surface area contributed by atoms with E-state index < -0.39 is 0 Å². The minimum Gasteiger partial charge on any atom is -0.294 e. The largest absolute Gasteiger partial charge is 0.294 e. The van der Waals surface area contributed by atoms with Crippen LogP contribution >= 0.6 is 22.9 Å². The van der Waals surface area contributed by atoms with Crippen LogP contribution in [0.5, 0.6) is 0 Å². The highest BCUT2D eigenvalue weighted by Crippen LogP contribution is 2.31. The van der Waals surface area contributed by atoms with Gasteiger partial charge in [-0.2, -0.15) is 0 Å². The summed E-state index contributed by atoms with van der Waals surface area (Å²) in [4.78, 5) is 32.4. The van der Waals surface area contributed by atoms with Gasteiger partial charge < -0.3 is 0 Å². The molecule has 0 N–H and O–H groups in total. The number of aromatic nitrogens is 2. The number of thiazole rings is 1. The van der Waals surface area contributed by atoms with Crippen LogP contribution in [-0.2, 0) is 12.8 Å². The predicted molar refractivity (Wildman–Crippen MR) is 155 cm³/mol. The number of rotatable bonds is 9. The number of benzene rings is 2. The molecule has 6 heteroatoms. The lowest BCUT2D eigenvalue weighted by Gasteiger charge is -2.21. The van der Waals surface area contributed by atoms with Crippen LogP contribution < -0.4 is 5.56 Å². The standard InChI is InChI=1S/C31H33ClN2O2S/c1-6-21-9-8-10-22(7-2)29(21)34-20(5)25(28(35)16-11-19(3)4)17-26(31(34)36)30-33-27(18-37-30)23-12-14-24(32)15-13-23/h8-10,12-15,17-19H,6-7,11,16H2,1-5H3. The van der Waals surface area contributed by atoms with Crippen molar-refractivity contribution in [1.82, 2.24) is 9.55 Å². The minimum absolute atomic E-state index is 0.0581. The van der Waals surface area contributed by atoms with E-state index in [1.807, 2.05) is 42.6 Å². The molecule has 0 atom stereocenters. The molecule has 0 radical (unpaired) electrons.